The zero-order valence-corrected chi connectivity index (χ0v) is 10.2. The van der Waals surface area contributed by atoms with Crippen LogP contribution in [0.3, 0.4) is 0 Å². The normalized spacial score (nSPS) is 20.3. The molecular weight excluding hydrogens is 184 g/mol. The third kappa shape index (κ3) is 1.82. The fraction of sp³-hybridized carbons (Fsp3) is 0.769. The van der Waals surface area contributed by atoms with Crippen molar-refractivity contribution in [1.82, 2.24) is 9.55 Å². The smallest absolute Gasteiger partial charge is 0.109 e. The SMILES string of the molecule is CCCc1nc2n(c1CC)C(C)CCC2. The molecule has 1 aromatic heterocycles. The van der Waals surface area contributed by atoms with Crippen molar-refractivity contribution in [3.05, 3.63) is 17.2 Å². The summed E-state index contributed by atoms with van der Waals surface area (Å²) in [4.78, 5) is 4.82. The zero-order valence-electron chi connectivity index (χ0n) is 10.2. The predicted octanol–water partition coefficient (Wildman–Crippen LogP) is 3.30. The third-order valence-electron chi connectivity index (χ3n) is 3.45. The molecule has 0 saturated carbocycles. The first kappa shape index (κ1) is 10.7. The Balaban J connectivity index is 2.42. The Kier molecular flexibility index (Phi) is 3.13. The second kappa shape index (κ2) is 4.38. The topological polar surface area (TPSA) is 17.8 Å². The minimum absolute atomic E-state index is 0.668. The highest BCUT2D eigenvalue weighted by Gasteiger charge is 2.22. The summed E-state index contributed by atoms with van der Waals surface area (Å²) in [5.41, 5.74) is 2.86. The highest BCUT2D eigenvalue weighted by Crippen LogP contribution is 2.28. The van der Waals surface area contributed by atoms with Crippen LogP contribution in [0.4, 0.5) is 0 Å². The van der Waals surface area contributed by atoms with Gasteiger partial charge in [0.15, 0.2) is 0 Å². The molecule has 0 aromatic carbocycles. The maximum atomic E-state index is 4.82. The molecule has 1 unspecified atom stereocenters. The molecule has 0 amide bonds. The molecule has 0 saturated heterocycles. The Bertz CT molecular complexity index is 339. The number of aromatic nitrogens is 2. The van der Waals surface area contributed by atoms with E-state index < -0.39 is 0 Å². The van der Waals surface area contributed by atoms with Crippen molar-refractivity contribution in [2.45, 2.75) is 65.3 Å². The standard InChI is InChI=1S/C13H22N2/c1-4-7-11-12(5-2)15-10(3)8-6-9-13(15)14-11/h10H,4-9H2,1-3H3. The monoisotopic (exact) mass is 206 g/mol. The van der Waals surface area contributed by atoms with Crippen LogP contribution in [-0.4, -0.2) is 9.55 Å². The lowest BCUT2D eigenvalue weighted by atomic mass is 10.1. The van der Waals surface area contributed by atoms with Gasteiger partial charge < -0.3 is 4.57 Å². The molecule has 1 aliphatic heterocycles. The molecule has 2 rings (SSSR count). The molecule has 2 heterocycles. The first-order chi connectivity index (χ1) is 7.27. The van der Waals surface area contributed by atoms with E-state index in [0.29, 0.717) is 6.04 Å². The van der Waals surface area contributed by atoms with Crippen molar-refractivity contribution in [2.24, 2.45) is 0 Å². The summed E-state index contributed by atoms with van der Waals surface area (Å²) in [5.74, 6) is 1.34. The van der Waals surface area contributed by atoms with Gasteiger partial charge in [0.1, 0.15) is 5.82 Å². The van der Waals surface area contributed by atoms with Gasteiger partial charge in [-0.2, -0.15) is 0 Å². The molecule has 0 radical (unpaired) electrons. The minimum Gasteiger partial charge on any atom is -0.329 e. The molecular formula is C13H22N2. The summed E-state index contributed by atoms with van der Waals surface area (Å²) < 4.78 is 2.51. The molecule has 15 heavy (non-hydrogen) atoms. The number of fused-ring (bicyclic) bond motifs is 1. The number of imidazole rings is 1. The predicted molar refractivity (Wildman–Crippen MR) is 63.2 cm³/mol. The van der Waals surface area contributed by atoms with Gasteiger partial charge in [-0.3, -0.25) is 0 Å². The molecule has 0 aliphatic carbocycles. The summed E-state index contributed by atoms with van der Waals surface area (Å²) in [6, 6.07) is 0.668. The van der Waals surface area contributed by atoms with Crippen molar-refractivity contribution in [3.8, 4) is 0 Å². The van der Waals surface area contributed by atoms with Gasteiger partial charge in [-0.15, -0.1) is 0 Å². The van der Waals surface area contributed by atoms with E-state index >= 15 is 0 Å². The Labute approximate surface area is 92.7 Å². The average Bonchev–Trinajstić information content (AvgIpc) is 2.57. The largest absolute Gasteiger partial charge is 0.329 e. The number of nitrogens with zero attached hydrogens (tertiary/aromatic N) is 2. The highest BCUT2D eigenvalue weighted by atomic mass is 15.1. The molecule has 0 fully saturated rings. The van der Waals surface area contributed by atoms with Crippen LogP contribution in [0.15, 0.2) is 0 Å². The molecule has 1 aliphatic rings. The summed E-state index contributed by atoms with van der Waals surface area (Å²) in [7, 11) is 0. The van der Waals surface area contributed by atoms with Gasteiger partial charge >= 0.3 is 0 Å². The van der Waals surface area contributed by atoms with Gasteiger partial charge in [0.25, 0.3) is 0 Å². The maximum Gasteiger partial charge on any atom is 0.109 e. The Morgan fingerprint density at radius 3 is 2.87 bits per heavy atom. The molecule has 2 nitrogen and oxygen atoms in total. The van der Waals surface area contributed by atoms with Crippen molar-refractivity contribution in [1.29, 1.82) is 0 Å². The Hall–Kier alpha value is -0.790. The van der Waals surface area contributed by atoms with E-state index in [4.69, 9.17) is 4.98 Å². The molecule has 0 bridgehead atoms. The van der Waals surface area contributed by atoms with Crippen molar-refractivity contribution >= 4 is 0 Å². The summed E-state index contributed by atoms with van der Waals surface area (Å²) in [6.45, 7) is 6.82. The minimum atomic E-state index is 0.668. The van der Waals surface area contributed by atoms with Crippen molar-refractivity contribution in [2.75, 3.05) is 0 Å². The molecule has 0 spiro atoms. The average molecular weight is 206 g/mol. The lowest BCUT2D eigenvalue weighted by Crippen LogP contribution is -2.17. The molecule has 0 N–H and O–H groups in total. The van der Waals surface area contributed by atoms with E-state index in [9.17, 15) is 0 Å². The van der Waals surface area contributed by atoms with Crippen LogP contribution in [0.25, 0.3) is 0 Å². The lowest BCUT2D eigenvalue weighted by Gasteiger charge is -2.23. The zero-order chi connectivity index (χ0) is 10.8. The number of hydrogen-bond acceptors (Lipinski definition) is 1. The van der Waals surface area contributed by atoms with E-state index in [2.05, 4.69) is 25.3 Å². The van der Waals surface area contributed by atoms with Gasteiger partial charge in [-0.25, -0.2) is 4.98 Å². The van der Waals surface area contributed by atoms with Gasteiger partial charge in [-0.05, 0) is 32.6 Å². The van der Waals surface area contributed by atoms with Crippen LogP contribution in [0.5, 0.6) is 0 Å². The van der Waals surface area contributed by atoms with Gasteiger partial charge in [0, 0.05) is 18.2 Å². The number of aryl methyl sites for hydroxylation is 2. The van der Waals surface area contributed by atoms with Gasteiger partial charge in [0.2, 0.25) is 0 Å². The molecule has 84 valence electrons. The van der Waals surface area contributed by atoms with E-state index in [0.717, 1.165) is 12.8 Å². The number of hydrogen-bond donors (Lipinski definition) is 0. The quantitative estimate of drug-likeness (QED) is 0.742. The fourth-order valence-corrected chi connectivity index (χ4v) is 2.76. The van der Waals surface area contributed by atoms with Crippen molar-refractivity contribution in [3.63, 3.8) is 0 Å². The van der Waals surface area contributed by atoms with Gasteiger partial charge in [-0.1, -0.05) is 20.3 Å². The first-order valence-corrected chi connectivity index (χ1v) is 6.36. The molecule has 1 aromatic rings. The van der Waals surface area contributed by atoms with Crippen LogP contribution in [0.1, 0.15) is 63.3 Å². The number of rotatable bonds is 3. The van der Waals surface area contributed by atoms with E-state index in [1.54, 1.807) is 0 Å². The third-order valence-corrected chi connectivity index (χ3v) is 3.45. The lowest BCUT2D eigenvalue weighted by molar-refractivity contribution is 0.415. The van der Waals surface area contributed by atoms with Crippen LogP contribution in [0.2, 0.25) is 0 Å². The fourth-order valence-electron chi connectivity index (χ4n) is 2.76. The molecule has 1 atom stereocenters. The first-order valence-electron chi connectivity index (χ1n) is 6.36. The summed E-state index contributed by atoms with van der Waals surface area (Å²) in [6.07, 6.45) is 7.30. The molecule has 2 heteroatoms. The van der Waals surface area contributed by atoms with E-state index in [1.165, 1.54) is 42.9 Å². The second-order valence-electron chi connectivity index (χ2n) is 4.64. The van der Waals surface area contributed by atoms with Gasteiger partial charge in [0.05, 0.1) is 5.69 Å². The summed E-state index contributed by atoms with van der Waals surface area (Å²) in [5, 5.41) is 0. The van der Waals surface area contributed by atoms with Crippen LogP contribution < -0.4 is 0 Å². The summed E-state index contributed by atoms with van der Waals surface area (Å²) >= 11 is 0. The highest BCUT2D eigenvalue weighted by molar-refractivity contribution is 5.20. The second-order valence-corrected chi connectivity index (χ2v) is 4.64. The van der Waals surface area contributed by atoms with Crippen LogP contribution in [0, 0.1) is 0 Å². The van der Waals surface area contributed by atoms with Crippen molar-refractivity contribution < 1.29 is 0 Å². The Morgan fingerprint density at radius 1 is 1.40 bits per heavy atom. The Morgan fingerprint density at radius 2 is 2.20 bits per heavy atom. The van der Waals surface area contributed by atoms with Crippen LogP contribution >= 0.6 is 0 Å². The maximum absolute atomic E-state index is 4.82. The van der Waals surface area contributed by atoms with Crippen LogP contribution in [-0.2, 0) is 19.3 Å². The van der Waals surface area contributed by atoms with E-state index in [-0.39, 0.29) is 0 Å². The van der Waals surface area contributed by atoms with E-state index in [1.807, 2.05) is 0 Å².